The standard InChI is InChI=1S/C29H39FN2O2/c1-31-18-24-17-26(34-20-21-11-14-32(15-12-21)25-4-3-5-25)7-8-27(24)28(19-31)22-6-9-29(33-2)23(16-22)10-13-30/h6-9,16-17,21,25,28H,3-5,10-15,18-20H2,1-2H3. The van der Waals surface area contributed by atoms with E-state index in [9.17, 15) is 4.39 Å². The topological polar surface area (TPSA) is 24.9 Å². The summed E-state index contributed by atoms with van der Waals surface area (Å²) in [6.45, 7) is 4.80. The van der Waals surface area contributed by atoms with Crippen molar-refractivity contribution in [3.05, 3.63) is 58.7 Å². The molecule has 184 valence electrons. The Bertz CT molecular complexity index is 969. The van der Waals surface area contributed by atoms with Crippen LogP contribution in [0.15, 0.2) is 36.4 Å². The van der Waals surface area contributed by atoms with Crippen molar-refractivity contribution in [3.63, 3.8) is 0 Å². The largest absolute Gasteiger partial charge is 0.496 e. The molecule has 2 fully saturated rings. The summed E-state index contributed by atoms with van der Waals surface area (Å²) in [6.07, 6.45) is 7.12. The van der Waals surface area contributed by atoms with Crippen LogP contribution in [0.1, 0.15) is 60.3 Å². The first-order valence-corrected chi connectivity index (χ1v) is 13.1. The predicted molar refractivity (Wildman–Crippen MR) is 135 cm³/mol. The second kappa shape index (κ2) is 10.7. The third-order valence-corrected chi connectivity index (χ3v) is 8.22. The van der Waals surface area contributed by atoms with Gasteiger partial charge in [-0.1, -0.05) is 24.6 Å². The molecule has 1 unspecified atom stereocenters. The Kier molecular flexibility index (Phi) is 7.40. The number of hydrogen-bond donors (Lipinski definition) is 0. The van der Waals surface area contributed by atoms with E-state index >= 15 is 0 Å². The highest BCUT2D eigenvalue weighted by atomic mass is 19.1. The number of likely N-dealkylation sites (N-methyl/N-ethyl adjacent to an activating group) is 1. The average molecular weight is 467 g/mol. The lowest BCUT2D eigenvalue weighted by atomic mass is 9.84. The van der Waals surface area contributed by atoms with Crippen LogP contribution in [0, 0.1) is 5.92 Å². The number of hydrogen-bond acceptors (Lipinski definition) is 4. The highest BCUT2D eigenvalue weighted by Gasteiger charge is 2.29. The molecule has 0 bridgehead atoms. The molecule has 5 heteroatoms. The van der Waals surface area contributed by atoms with Crippen molar-refractivity contribution in [1.29, 1.82) is 0 Å². The number of rotatable bonds is 8. The Hall–Kier alpha value is -2.11. The zero-order valence-electron chi connectivity index (χ0n) is 20.8. The molecule has 2 aromatic rings. The molecule has 0 aromatic heterocycles. The number of piperidine rings is 1. The van der Waals surface area contributed by atoms with Crippen LogP contribution in [0.4, 0.5) is 4.39 Å². The third kappa shape index (κ3) is 5.11. The normalized spacial score (nSPS) is 22.3. The van der Waals surface area contributed by atoms with Gasteiger partial charge in [-0.15, -0.1) is 0 Å². The minimum atomic E-state index is -0.374. The van der Waals surface area contributed by atoms with Crippen molar-refractivity contribution in [2.75, 3.05) is 47.1 Å². The first kappa shape index (κ1) is 23.6. The number of aryl methyl sites for hydroxylation is 1. The maximum atomic E-state index is 13.1. The molecule has 1 saturated carbocycles. The van der Waals surface area contributed by atoms with E-state index in [4.69, 9.17) is 9.47 Å². The number of fused-ring (bicyclic) bond motifs is 1. The average Bonchev–Trinajstić information content (AvgIpc) is 2.82. The Morgan fingerprint density at radius 2 is 1.85 bits per heavy atom. The van der Waals surface area contributed by atoms with Crippen molar-refractivity contribution < 1.29 is 13.9 Å². The van der Waals surface area contributed by atoms with E-state index in [1.54, 1.807) is 7.11 Å². The summed E-state index contributed by atoms with van der Waals surface area (Å²) in [6, 6.07) is 13.8. The molecule has 34 heavy (non-hydrogen) atoms. The molecule has 0 N–H and O–H groups in total. The number of halogens is 1. The summed E-state index contributed by atoms with van der Waals surface area (Å²) >= 11 is 0. The van der Waals surface area contributed by atoms with Gasteiger partial charge < -0.3 is 19.3 Å². The van der Waals surface area contributed by atoms with Crippen molar-refractivity contribution in [2.45, 2.75) is 57.0 Å². The van der Waals surface area contributed by atoms with Crippen LogP contribution in [0.5, 0.6) is 11.5 Å². The molecule has 1 aliphatic carbocycles. The lowest BCUT2D eigenvalue weighted by Crippen LogP contribution is -2.45. The van der Waals surface area contributed by atoms with Crippen molar-refractivity contribution >= 4 is 0 Å². The van der Waals surface area contributed by atoms with Crippen LogP contribution in [-0.4, -0.2) is 62.9 Å². The molecule has 0 radical (unpaired) electrons. The molecule has 0 amide bonds. The Morgan fingerprint density at radius 1 is 1.03 bits per heavy atom. The fraction of sp³-hybridized carbons (Fsp3) is 0.586. The number of nitrogens with zero attached hydrogens (tertiary/aromatic N) is 2. The minimum absolute atomic E-state index is 0.267. The van der Waals surface area contributed by atoms with Gasteiger partial charge in [-0.25, -0.2) is 0 Å². The summed E-state index contributed by atoms with van der Waals surface area (Å²) in [4.78, 5) is 5.07. The summed E-state index contributed by atoms with van der Waals surface area (Å²) in [5.74, 6) is 2.69. The van der Waals surface area contributed by atoms with E-state index in [1.807, 2.05) is 6.07 Å². The second-order valence-corrected chi connectivity index (χ2v) is 10.5. The third-order valence-electron chi connectivity index (χ3n) is 8.22. The molecule has 3 aliphatic rings. The number of ether oxygens (including phenoxy) is 2. The molecule has 0 spiro atoms. The van der Waals surface area contributed by atoms with Gasteiger partial charge in [0.05, 0.1) is 20.4 Å². The fourth-order valence-electron chi connectivity index (χ4n) is 5.96. The van der Waals surface area contributed by atoms with E-state index in [-0.39, 0.29) is 12.6 Å². The van der Waals surface area contributed by atoms with E-state index in [0.29, 0.717) is 12.3 Å². The summed E-state index contributed by atoms with van der Waals surface area (Å²) in [5, 5.41) is 0. The zero-order chi connectivity index (χ0) is 23.5. The van der Waals surface area contributed by atoms with Crippen molar-refractivity contribution in [3.8, 4) is 11.5 Å². The lowest BCUT2D eigenvalue weighted by Gasteiger charge is -2.41. The van der Waals surface area contributed by atoms with Crippen molar-refractivity contribution in [2.24, 2.45) is 5.92 Å². The fourth-order valence-corrected chi connectivity index (χ4v) is 5.96. The molecule has 2 heterocycles. The second-order valence-electron chi connectivity index (χ2n) is 10.5. The smallest absolute Gasteiger partial charge is 0.122 e. The van der Waals surface area contributed by atoms with Crippen LogP contribution in [0.2, 0.25) is 0 Å². The predicted octanol–water partition coefficient (Wildman–Crippen LogP) is 5.43. The molecule has 5 rings (SSSR count). The van der Waals surface area contributed by atoms with Crippen LogP contribution < -0.4 is 9.47 Å². The monoisotopic (exact) mass is 466 g/mol. The van der Waals surface area contributed by atoms with Gasteiger partial charge in [0.15, 0.2) is 0 Å². The maximum Gasteiger partial charge on any atom is 0.122 e. The maximum absolute atomic E-state index is 13.1. The first-order valence-electron chi connectivity index (χ1n) is 13.1. The minimum Gasteiger partial charge on any atom is -0.496 e. The zero-order valence-corrected chi connectivity index (χ0v) is 20.8. The Morgan fingerprint density at radius 3 is 2.56 bits per heavy atom. The molecule has 1 saturated heterocycles. The van der Waals surface area contributed by atoms with Crippen molar-refractivity contribution in [1.82, 2.24) is 9.80 Å². The van der Waals surface area contributed by atoms with Gasteiger partial charge in [0.2, 0.25) is 0 Å². The molecular formula is C29H39FN2O2. The van der Waals surface area contributed by atoms with Gasteiger partial charge in [0, 0.05) is 31.5 Å². The van der Waals surface area contributed by atoms with Crippen LogP contribution in [-0.2, 0) is 13.0 Å². The summed E-state index contributed by atoms with van der Waals surface area (Å²) < 4.78 is 24.9. The summed E-state index contributed by atoms with van der Waals surface area (Å²) in [5.41, 5.74) is 4.86. The van der Waals surface area contributed by atoms with Crippen LogP contribution in [0.25, 0.3) is 0 Å². The van der Waals surface area contributed by atoms with Gasteiger partial charge in [0.25, 0.3) is 0 Å². The van der Waals surface area contributed by atoms with Gasteiger partial charge in [-0.05, 0) is 92.2 Å². The van der Waals surface area contributed by atoms with E-state index in [0.717, 1.165) is 42.8 Å². The van der Waals surface area contributed by atoms with E-state index < -0.39 is 0 Å². The van der Waals surface area contributed by atoms with Gasteiger partial charge in [0.1, 0.15) is 11.5 Å². The number of methoxy groups -OCH3 is 1. The van der Waals surface area contributed by atoms with Crippen LogP contribution >= 0.6 is 0 Å². The molecular weight excluding hydrogens is 427 g/mol. The Balaban J connectivity index is 1.26. The quantitative estimate of drug-likeness (QED) is 0.518. The molecule has 2 aliphatic heterocycles. The number of alkyl halides is 1. The molecule has 1 atom stereocenters. The van der Waals surface area contributed by atoms with Gasteiger partial charge in [-0.2, -0.15) is 0 Å². The summed E-state index contributed by atoms with van der Waals surface area (Å²) in [7, 11) is 3.82. The molecule has 4 nitrogen and oxygen atoms in total. The number of benzene rings is 2. The number of likely N-dealkylation sites (tertiary alicyclic amines) is 1. The highest BCUT2D eigenvalue weighted by Crippen LogP contribution is 2.37. The highest BCUT2D eigenvalue weighted by molar-refractivity contribution is 5.47. The van der Waals surface area contributed by atoms with Crippen LogP contribution in [0.3, 0.4) is 0 Å². The van der Waals surface area contributed by atoms with Gasteiger partial charge in [-0.3, -0.25) is 4.39 Å². The first-order chi connectivity index (χ1) is 16.6. The lowest BCUT2D eigenvalue weighted by molar-refractivity contribution is 0.0708. The van der Waals surface area contributed by atoms with E-state index in [2.05, 4.69) is 47.2 Å². The molecule has 2 aromatic carbocycles. The van der Waals surface area contributed by atoms with Gasteiger partial charge >= 0.3 is 0 Å². The van der Waals surface area contributed by atoms with E-state index in [1.165, 1.54) is 61.9 Å². The SMILES string of the molecule is COc1ccc(C2CN(C)Cc3cc(OCC4CCN(C5CCC5)CC4)ccc32)cc1CCF. The Labute approximate surface area is 204 Å².